The molecule has 1 atom stereocenters. The van der Waals surface area contributed by atoms with Crippen molar-refractivity contribution in [2.24, 2.45) is 17.5 Å². The molecule has 3 heterocycles. The molecule has 4 rings (SSSR count). The number of anilines is 2. The van der Waals surface area contributed by atoms with Crippen LogP contribution >= 0.6 is 0 Å². The van der Waals surface area contributed by atoms with E-state index in [-0.39, 0.29) is 11.8 Å². The molecule has 9 nitrogen and oxygen atoms in total. The van der Waals surface area contributed by atoms with E-state index in [4.69, 9.17) is 11.6 Å². The number of rotatable bonds is 6. The summed E-state index contributed by atoms with van der Waals surface area (Å²) in [6, 6.07) is 14.7. The molecule has 1 amide bonds. The Morgan fingerprint density at radius 1 is 1.19 bits per heavy atom. The Morgan fingerprint density at radius 2 is 2.03 bits per heavy atom. The topological polar surface area (TPSA) is 138 Å². The van der Waals surface area contributed by atoms with Crippen LogP contribution in [0.2, 0.25) is 0 Å². The maximum Gasteiger partial charge on any atom is 0.228 e. The maximum absolute atomic E-state index is 12.4. The minimum Gasteiger partial charge on any atom is -0.396 e. The van der Waals surface area contributed by atoms with Crippen molar-refractivity contribution in [3.05, 3.63) is 66.6 Å². The van der Waals surface area contributed by atoms with Crippen molar-refractivity contribution in [2.75, 3.05) is 23.4 Å². The number of amides is 1. The second kappa shape index (κ2) is 9.41. The number of hydrogen-bond donors (Lipinski definition) is 5. The highest BCUT2D eigenvalue weighted by molar-refractivity contribution is 5.93. The average molecular weight is 419 g/mol. The molecule has 1 aliphatic heterocycles. The molecular formula is C22H26N8O. The fourth-order valence-electron chi connectivity index (χ4n) is 3.47. The van der Waals surface area contributed by atoms with Crippen LogP contribution in [-0.4, -0.2) is 34.2 Å². The molecule has 2 aromatic heterocycles. The second-order valence-corrected chi connectivity index (χ2v) is 7.45. The minimum atomic E-state index is 0.00665. The first-order chi connectivity index (χ1) is 15.1. The first kappa shape index (κ1) is 20.6. The highest BCUT2D eigenvalue weighted by Crippen LogP contribution is 2.20. The summed E-state index contributed by atoms with van der Waals surface area (Å²) in [5, 5.41) is 14.5. The number of piperidine rings is 1. The molecule has 31 heavy (non-hydrogen) atoms. The van der Waals surface area contributed by atoms with E-state index in [0.717, 1.165) is 48.7 Å². The van der Waals surface area contributed by atoms with Crippen LogP contribution in [0.25, 0.3) is 17.1 Å². The van der Waals surface area contributed by atoms with Gasteiger partial charge in [-0.25, -0.2) is 10.8 Å². The molecule has 0 unspecified atom stereocenters. The van der Waals surface area contributed by atoms with E-state index in [9.17, 15) is 4.79 Å². The van der Waals surface area contributed by atoms with Crippen molar-refractivity contribution in [1.82, 2.24) is 20.5 Å². The molecular weight excluding hydrogens is 392 g/mol. The van der Waals surface area contributed by atoms with Gasteiger partial charge in [0.25, 0.3) is 0 Å². The van der Waals surface area contributed by atoms with Crippen molar-refractivity contribution < 1.29 is 4.79 Å². The Balaban J connectivity index is 1.42. The van der Waals surface area contributed by atoms with Crippen LogP contribution in [-0.2, 0) is 4.79 Å². The molecule has 0 radical (unpaired) electrons. The van der Waals surface area contributed by atoms with E-state index in [1.165, 1.54) is 5.01 Å². The molecule has 1 fully saturated rings. The van der Waals surface area contributed by atoms with Gasteiger partial charge in [-0.3, -0.25) is 14.9 Å². The van der Waals surface area contributed by atoms with E-state index in [2.05, 4.69) is 25.8 Å². The third-order valence-corrected chi connectivity index (χ3v) is 5.20. The van der Waals surface area contributed by atoms with E-state index in [1.807, 2.05) is 48.5 Å². The lowest BCUT2D eigenvalue weighted by Gasteiger charge is -2.22. The molecule has 1 aromatic carbocycles. The van der Waals surface area contributed by atoms with E-state index in [1.54, 1.807) is 12.4 Å². The van der Waals surface area contributed by atoms with Crippen molar-refractivity contribution in [3.63, 3.8) is 0 Å². The van der Waals surface area contributed by atoms with E-state index >= 15 is 0 Å². The Hall–Kier alpha value is -3.69. The monoisotopic (exact) mass is 418 g/mol. The third-order valence-electron chi connectivity index (χ3n) is 5.20. The number of nitrogens with zero attached hydrogens (tertiary/aromatic N) is 3. The lowest BCUT2D eigenvalue weighted by atomic mass is 9.99. The van der Waals surface area contributed by atoms with Crippen LogP contribution in [0.5, 0.6) is 0 Å². The second-order valence-electron chi connectivity index (χ2n) is 7.45. The Morgan fingerprint density at radius 3 is 2.74 bits per heavy atom. The summed E-state index contributed by atoms with van der Waals surface area (Å²) in [5.41, 5.74) is 10.3. The molecule has 7 N–H and O–H groups in total. The number of aromatic amines is 1. The number of nitrogens with two attached hydrogens (primary N) is 2. The summed E-state index contributed by atoms with van der Waals surface area (Å²) >= 11 is 0. The van der Waals surface area contributed by atoms with Crippen molar-refractivity contribution in [2.45, 2.75) is 12.8 Å². The van der Waals surface area contributed by atoms with Crippen LogP contribution < -0.4 is 27.2 Å². The number of aromatic nitrogens is 3. The van der Waals surface area contributed by atoms with E-state index < -0.39 is 0 Å². The zero-order chi connectivity index (χ0) is 21.6. The van der Waals surface area contributed by atoms with Gasteiger partial charge in [0, 0.05) is 24.6 Å². The normalized spacial score (nSPS) is 16.7. The molecule has 0 spiro atoms. The van der Waals surface area contributed by atoms with Gasteiger partial charge in [0.05, 0.1) is 34.4 Å². The maximum atomic E-state index is 12.4. The lowest BCUT2D eigenvalue weighted by Crippen LogP contribution is -2.37. The van der Waals surface area contributed by atoms with Crippen LogP contribution in [0, 0.1) is 5.92 Å². The SMILES string of the molecule is N/C(=C\N(N)c1ccc(NC(=O)[C@H]2CCCNC2)cc1)c1cccc(-c2ccn[nH]2)n1. The van der Waals surface area contributed by atoms with Crippen molar-refractivity contribution >= 4 is 23.0 Å². The Kier molecular flexibility index (Phi) is 6.25. The van der Waals surface area contributed by atoms with Gasteiger partial charge in [-0.2, -0.15) is 5.10 Å². The zero-order valence-electron chi connectivity index (χ0n) is 17.1. The van der Waals surface area contributed by atoms with Gasteiger partial charge in [0.15, 0.2) is 0 Å². The molecule has 3 aromatic rings. The fourth-order valence-corrected chi connectivity index (χ4v) is 3.47. The quantitative estimate of drug-likeness (QED) is 0.305. The molecule has 1 saturated heterocycles. The highest BCUT2D eigenvalue weighted by atomic mass is 16.1. The number of carbonyl (C=O) groups excluding carboxylic acids is 1. The number of hydrazine groups is 1. The largest absolute Gasteiger partial charge is 0.396 e. The molecule has 9 heteroatoms. The molecule has 0 bridgehead atoms. The first-order valence-corrected chi connectivity index (χ1v) is 10.2. The standard InChI is InChI=1S/C22H26N8O/c23-18(19-4-1-5-20(28-19)21-10-12-26-29-21)14-30(24)17-8-6-16(7-9-17)27-22(31)15-3-2-11-25-13-15/h1,4-10,12,14-15,25H,2-3,11,13,23-24H2,(H,26,29)(H,27,31)/b18-14-/t15-/m0/s1. The van der Waals surface area contributed by atoms with Crippen molar-refractivity contribution in [3.8, 4) is 11.4 Å². The molecule has 0 aliphatic carbocycles. The first-order valence-electron chi connectivity index (χ1n) is 10.2. The number of nitrogens with one attached hydrogen (secondary N) is 3. The van der Waals surface area contributed by atoms with Gasteiger partial charge in [-0.1, -0.05) is 6.07 Å². The number of pyridine rings is 1. The third kappa shape index (κ3) is 5.08. The number of hydrogen-bond acceptors (Lipinski definition) is 7. The number of H-pyrrole nitrogens is 1. The van der Waals surface area contributed by atoms with Gasteiger partial charge >= 0.3 is 0 Å². The molecule has 160 valence electrons. The number of benzene rings is 1. The highest BCUT2D eigenvalue weighted by Gasteiger charge is 2.20. The number of carbonyl (C=O) groups is 1. The summed E-state index contributed by atoms with van der Waals surface area (Å²) < 4.78 is 0. The lowest BCUT2D eigenvalue weighted by molar-refractivity contribution is -0.120. The predicted molar refractivity (Wildman–Crippen MR) is 121 cm³/mol. The minimum absolute atomic E-state index is 0.00665. The summed E-state index contributed by atoms with van der Waals surface area (Å²) in [6.07, 6.45) is 5.21. The van der Waals surface area contributed by atoms with Crippen LogP contribution in [0.4, 0.5) is 11.4 Å². The summed E-state index contributed by atoms with van der Waals surface area (Å²) in [7, 11) is 0. The summed E-state index contributed by atoms with van der Waals surface area (Å²) in [6.45, 7) is 1.70. The van der Waals surface area contributed by atoms with Crippen molar-refractivity contribution in [1.29, 1.82) is 0 Å². The van der Waals surface area contributed by atoms with Gasteiger partial charge in [0.2, 0.25) is 5.91 Å². The fraction of sp³-hybridized carbons (Fsp3) is 0.227. The predicted octanol–water partition coefficient (Wildman–Crippen LogP) is 2.05. The zero-order valence-corrected chi connectivity index (χ0v) is 17.1. The average Bonchev–Trinajstić information content (AvgIpc) is 3.35. The molecule has 1 aliphatic rings. The van der Waals surface area contributed by atoms with E-state index in [0.29, 0.717) is 11.4 Å². The van der Waals surface area contributed by atoms with Gasteiger partial charge in [-0.15, -0.1) is 0 Å². The van der Waals surface area contributed by atoms with Crippen LogP contribution in [0.3, 0.4) is 0 Å². The summed E-state index contributed by atoms with van der Waals surface area (Å²) in [5.74, 6) is 6.22. The van der Waals surface area contributed by atoms with Gasteiger partial charge in [-0.05, 0) is 61.9 Å². The Labute approximate surface area is 180 Å². The van der Waals surface area contributed by atoms with Crippen LogP contribution in [0.15, 0.2) is 60.9 Å². The Bertz CT molecular complexity index is 1040. The summed E-state index contributed by atoms with van der Waals surface area (Å²) in [4.78, 5) is 16.9. The molecule has 0 saturated carbocycles. The van der Waals surface area contributed by atoms with Gasteiger partial charge < -0.3 is 16.4 Å². The van der Waals surface area contributed by atoms with Crippen LogP contribution in [0.1, 0.15) is 18.5 Å². The smallest absolute Gasteiger partial charge is 0.228 e. The van der Waals surface area contributed by atoms with Gasteiger partial charge in [0.1, 0.15) is 0 Å².